The lowest BCUT2D eigenvalue weighted by Gasteiger charge is -2.25. The molecule has 1 fully saturated rings. The largest absolute Gasteiger partial charge is 0.469 e. The minimum absolute atomic E-state index is 0.0221. The second-order valence-corrected chi connectivity index (χ2v) is 5.28. The zero-order valence-electron chi connectivity index (χ0n) is 11.3. The summed E-state index contributed by atoms with van der Waals surface area (Å²) in [7, 11) is 1.42. The number of nitrogens with zero attached hydrogens (tertiary/aromatic N) is 1. The van der Waals surface area contributed by atoms with Crippen molar-refractivity contribution >= 4 is 16.9 Å². The molecule has 106 valence electrons. The van der Waals surface area contributed by atoms with Crippen molar-refractivity contribution in [2.45, 2.75) is 31.6 Å². The zero-order chi connectivity index (χ0) is 14.1. The summed E-state index contributed by atoms with van der Waals surface area (Å²) in [4.78, 5) is 11.5. The zero-order valence-corrected chi connectivity index (χ0v) is 11.3. The van der Waals surface area contributed by atoms with Crippen molar-refractivity contribution in [2.24, 2.45) is 5.92 Å². The van der Waals surface area contributed by atoms with E-state index in [9.17, 15) is 9.18 Å². The molecule has 0 unspecified atom stereocenters. The van der Waals surface area contributed by atoms with Gasteiger partial charge in [0.1, 0.15) is 5.82 Å². The van der Waals surface area contributed by atoms with Crippen LogP contribution in [0.25, 0.3) is 11.0 Å². The molecule has 0 radical (unpaired) electrons. The number of methoxy groups -OCH3 is 1. The minimum Gasteiger partial charge on any atom is -0.469 e. The number of hydrogen-bond donors (Lipinski definition) is 0. The van der Waals surface area contributed by atoms with E-state index >= 15 is 0 Å². The normalized spacial score (nSPS) is 22.9. The van der Waals surface area contributed by atoms with E-state index in [1.54, 1.807) is 6.07 Å². The van der Waals surface area contributed by atoms with Crippen LogP contribution in [0.2, 0.25) is 0 Å². The number of esters is 1. The van der Waals surface area contributed by atoms with Crippen LogP contribution in [0.3, 0.4) is 0 Å². The summed E-state index contributed by atoms with van der Waals surface area (Å²) in [5.74, 6) is -0.227. The predicted octanol–water partition coefficient (Wildman–Crippen LogP) is 3.41. The van der Waals surface area contributed by atoms with Crippen molar-refractivity contribution in [3.63, 3.8) is 0 Å². The Bertz CT molecular complexity index is 629. The molecule has 0 aliphatic heterocycles. The molecular formula is C15H16FNO3. The van der Waals surface area contributed by atoms with Gasteiger partial charge in [0.15, 0.2) is 5.58 Å². The molecule has 1 saturated carbocycles. The fraction of sp³-hybridized carbons (Fsp3) is 0.467. The molecule has 4 nitrogen and oxygen atoms in total. The van der Waals surface area contributed by atoms with E-state index in [1.165, 1.54) is 19.2 Å². The number of rotatable bonds is 2. The number of halogens is 1. The average Bonchev–Trinajstić information content (AvgIpc) is 2.89. The lowest BCUT2D eigenvalue weighted by molar-refractivity contribution is -0.146. The number of benzene rings is 1. The Labute approximate surface area is 115 Å². The summed E-state index contributed by atoms with van der Waals surface area (Å²) in [5.41, 5.74) is 1.42. The van der Waals surface area contributed by atoms with E-state index in [1.807, 2.05) is 0 Å². The van der Waals surface area contributed by atoms with Gasteiger partial charge in [0.2, 0.25) is 0 Å². The lowest BCUT2D eigenvalue weighted by atomic mass is 9.80. The topological polar surface area (TPSA) is 52.3 Å². The first-order valence-electron chi connectivity index (χ1n) is 6.81. The minimum atomic E-state index is -0.287. The predicted molar refractivity (Wildman–Crippen MR) is 70.7 cm³/mol. The highest BCUT2D eigenvalue weighted by Crippen LogP contribution is 2.38. The van der Waals surface area contributed by atoms with Crippen molar-refractivity contribution in [2.75, 3.05) is 7.11 Å². The Morgan fingerprint density at radius 3 is 2.80 bits per heavy atom. The molecule has 1 aliphatic carbocycles. The third kappa shape index (κ3) is 2.28. The third-order valence-corrected chi connectivity index (χ3v) is 4.11. The van der Waals surface area contributed by atoms with E-state index in [2.05, 4.69) is 5.16 Å². The van der Waals surface area contributed by atoms with Gasteiger partial charge in [-0.15, -0.1) is 0 Å². The van der Waals surface area contributed by atoms with Crippen LogP contribution in [-0.4, -0.2) is 18.2 Å². The Balaban J connectivity index is 1.80. The summed E-state index contributed by atoms with van der Waals surface area (Å²) in [6, 6.07) is 4.43. The van der Waals surface area contributed by atoms with Crippen LogP contribution in [0.1, 0.15) is 37.3 Å². The number of hydrogen-bond acceptors (Lipinski definition) is 4. The van der Waals surface area contributed by atoms with Crippen LogP contribution >= 0.6 is 0 Å². The monoisotopic (exact) mass is 277 g/mol. The van der Waals surface area contributed by atoms with Gasteiger partial charge in [0.05, 0.1) is 18.7 Å². The van der Waals surface area contributed by atoms with Crippen molar-refractivity contribution in [1.29, 1.82) is 0 Å². The fourth-order valence-electron chi connectivity index (χ4n) is 2.99. The maximum Gasteiger partial charge on any atom is 0.308 e. The molecule has 1 heterocycles. The quantitative estimate of drug-likeness (QED) is 0.789. The number of fused-ring (bicyclic) bond motifs is 1. The maximum absolute atomic E-state index is 13.3. The van der Waals surface area contributed by atoms with Gasteiger partial charge in [-0.05, 0) is 43.9 Å². The van der Waals surface area contributed by atoms with Gasteiger partial charge in [0.25, 0.3) is 0 Å². The molecule has 0 saturated heterocycles. The third-order valence-electron chi connectivity index (χ3n) is 4.11. The van der Waals surface area contributed by atoms with Gasteiger partial charge in [-0.25, -0.2) is 4.39 Å². The van der Waals surface area contributed by atoms with E-state index < -0.39 is 0 Å². The molecule has 2 aromatic rings. The molecule has 5 heteroatoms. The number of aromatic nitrogens is 1. The summed E-state index contributed by atoms with van der Waals surface area (Å²) in [6.07, 6.45) is 3.25. The molecule has 0 amide bonds. The lowest BCUT2D eigenvalue weighted by Crippen LogP contribution is -2.22. The first-order chi connectivity index (χ1) is 9.69. The fourth-order valence-corrected chi connectivity index (χ4v) is 2.99. The SMILES string of the molecule is COC(=O)C1CCC(c2noc3ccc(F)cc23)CC1. The highest BCUT2D eigenvalue weighted by molar-refractivity contribution is 5.80. The first-order valence-corrected chi connectivity index (χ1v) is 6.81. The van der Waals surface area contributed by atoms with Gasteiger partial charge in [0, 0.05) is 11.3 Å². The second-order valence-electron chi connectivity index (χ2n) is 5.28. The van der Waals surface area contributed by atoms with Crippen molar-refractivity contribution in [3.8, 4) is 0 Å². The van der Waals surface area contributed by atoms with Crippen molar-refractivity contribution in [1.82, 2.24) is 5.16 Å². The summed E-state index contributed by atoms with van der Waals surface area (Å²) < 4.78 is 23.4. The molecule has 0 atom stereocenters. The maximum atomic E-state index is 13.3. The number of carbonyl (C=O) groups excluding carboxylic acids is 1. The summed E-state index contributed by atoms with van der Waals surface area (Å²) in [5, 5.41) is 4.83. The molecule has 0 spiro atoms. The van der Waals surface area contributed by atoms with E-state index in [-0.39, 0.29) is 23.6 Å². The second kappa shape index (κ2) is 5.23. The molecular weight excluding hydrogens is 261 g/mol. The Morgan fingerprint density at radius 2 is 2.10 bits per heavy atom. The van der Waals surface area contributed by atoms with Crippen LogP contribution < -0.4 is 0 Å². The molecule has 20 heavy (non-hydrogen) atoms. The Kier molecular flexibility index (Phi) is 3.42. The number of carbonyl (C=O) groups is 1. The standard InChI is InChI=1S/C15H16FNO3/c1-19-15(18)10-4-2-9(3-5-10)14-12-8-11(16)6-7-13(12)20-17-14/h6-10H,2-5H2,1H3. The van der Waals surface area contributed by atoms with E-state index in [0.717, 1.165) is 36.8 Å². The van der Waals surface area contributed by atoms with Gasteiger partial charge < -0.3 is 9.26 Å². The van der Waals surface area contributed by atoms with Crippen molar-refractivity contribution < 1.29 is 18.4 Å². The molecule has 1 aromatic heterocycles. The summed E-state index contributed by atoms with van der Waals surface area (Å²) >= 11 is 0. The van der Waals surface area contributed by atoms with Crippen LogP contribution in [0, 0.1) is 11.7 Å². The average molecular weight is 277 g/mol. The first kappa shape index (κ1) is 13.1. The smallest absolute Gasteiger partial charge is 0.308 e. The molecule has 0 N–H and O–H groups in total. The van der Waals surface area contributed by atoms with Crippen molar-refractivity contribution in [3.05, 3.63) is 29.7 Å². The van der Waals surface area contributed by atoms with Crippen LogP contribution in [0.5, 0.6) is 0 Å². The Hall–Kier alpha value is -1.91. The molecule has 0 bridgehead atoms. The Morgan fingerprint density at radius 1 is 1.35 bits per heavy atom. The van der Waals surface area contributed by atoms with E-state index in [0.29, 0.717) is 5.58 Å². The van der Waals surface area contributed by atoms with Crippen LogP contribution in [-0.2, 0) is 9.53 Å². The van der Waals surface area contributed by atoms with Crippen LogP contribution in [0.15, 0.2) is 22.7 Å². The molecule has 1 aliphatic rings. The summed E-state index contributed by atoms with van der Waals surface area (Å²) in [6.45, 7) is 0. The van der Waals surface area contributed by atoms with Gasteiger partial charge in [-0.3, -0.25) is 4.79 Å². The highest BCUT2D eigenvalue weighted by Gasteiger charge is 2.30. The van der Waals surface area contributed by atoms with Gasteiger partial charge in [-0.1, -0.05) is 5.16 Å². The van der Waals surface area contributed by atoms with Crippen LogP contribution in [0.4, 0.5) is 4.39 Å². The molecule has 3 rings (SSSR count). The number of ether oxygens (including phenoxy) is 1. The van der Waals surface area contributed by atoms with Gasteiger partial charge in [-0.2, -0.15) is 0 Å². The molecule has 1 aromatic carbocycles. The highest BCUT2D eigenvalue weighted by atomic mass is 19.1. The van der Waals surface area contributed by atoms with Gasteiger partial charge >= 0.3 is 5.97 Å². The van der Waals surface area contributed by atoms with E-state index in [4.69, 9.17) is 9.26 Å².